The number of hydrogen-bond donors (Lipinski definition) is 2. The van der Waals surface area contributed by atoms with Gasteiger partial charge in [-0.2, -0.15) is 0 Å². The van der Waals surface area contributed by atoms with Crippen LogP contribution >= 0.6 is 0 Å². The minimum atomic E-state index is -0.462. The maximum atomic E-state index is 13.6. The number of rotatable bonds is 5. The molecule has 0 fully saturated rings. The number of carbonyl (C=O) groups excluding carboxylic acids is 3. The third kappa shape index (κ3) is 7.13. The van der Waals surface area contributed by atoms with Crippen LogP contribution in [0.4, 0.5) is 16.2 Å². The third-order valence-corrected chi connectivity index (χ3v) is 7.11. The van der Waals surface area contributed by atoms with E-state index in [1.807, 2.05) is 26.0 Å². The lowest BCUT2D eigenvalue weighted by atomic mass is 10.0. The maximum Gasteiger partial charge on any atom is 0.322 e. The van der Waals surface area contributed by atoms with Gasteiger partial charge in [0.25, 0.3) is 11.8 Å². The second-order valence-corrected chi connectivity index (χ2v) is 10.1. The minimum absolute atomic E-state index is 0.110. The zero-order valence-electron chi connectivity index (χ0n) is 24.4. The third-order valence-electron chi connectivity index (χ3n) is 7.11. The number of likely N-dealkylation sites (N-methyl/N-ethyl adjacent to an activating group) is 1. The van der Waals surface area contributed by atoms with Crippen molar-refractivity contribution in [3.05, 3.63) is 72.3 Å². The number of nitrogens with zero attached hydrogens (tertiary/aromatic N) is 4. The van der Waals surface area contributed by atoms with Gasteiger partial charge in [0.15, 0.2) is 0 Å². The van der Waals surface area contributed by atoms with Gasteiger partial charge in [-0.05, 0) is 37.3 Å². The lowest BCUT2D eigenvalue weighted by Crippen LogP contribution is -2.50. The number of ether oxygens (including phenoxy) is 3. The van der Waals surface area contributed by atoms with E-state index < -0.39 is 5.91 Å². The summed E-state index contributed by atoms with van der Waals surface area (Å²) >= 11 is 0. The largest absolute Gasteiger partial charge is 0.495 e. The number of nitrogens with one attached hydrogen (secondary N) is 2. The maximum absolute atomic E-state index is 13.6. The zero-order chi connectivity index (χ0) is 30.2. The van der Waals surface area contributed by atoms with Crippen molar-refractivity contribution in [2.24, 2.45) is 5.92 Å². The molecule has 1 aliphatic heterocycles. The molecule has 0 aliphatic carbocycles. The van der Waals surface area contributed by atoms with Crippen LogP contribution in [0.25, 0.3) is 0 Å². The van der Waals surface area contributed by atoms with Crippen molar-refractivity contribution in [1.29, 1.82) is 0 Å². The highest BCUT2D eigenvalue weighted by molar-refractivity contribution is 6.04. The van der Waals surface area contributed by atoms with Crippen LogP contribution < -0.4 is 20.1 Å². The van der Waals surface area contributed by atoms with E-state index >= 15 is 0 Å². The predicted molar refractivity (Wildman–Crippen MR) is 157 cm³/mol. The Kier molecular flexibility index (Phi) is 9.92. The average Bonchev–Trinajstić information content (AvgIpc) is 3.01. The van der Waals surface area contributed by atoms with Crippen LogP contribution in [0.3, 0.4) is 0 Å². The smallest absolute Gasteiger partial charge is 0.322 e. The van der Waals surface area contributed by atoms with Crippen molar-refractivity contribution in [1.82, 2.24) is 19.8 Å². The Morgan fingerprint density at radius 3 is 2.55 bits per heavy atom. The average molecular weight is 577 g/mol. The number of para-hydroxylation sites is 2. The molecule has 12 nitrogen and oxygen atoms in total. The highest BCUT2D eigenvalue weighted by Crippen LogP contribution is 2.28. The van der Waals surface area contributed by atoms with Gasteiger partial charge in [-0.1, -0.05) is 19.1 Å². The summed E-state index contributed by atoms with van der Waals surface area (Å²) in [6.45, 7) is 4.59. The molecule has 0 radical (unpaired) electrons. The molecule has 2 heterocycles. The number of hydrogen-bond acceptors (Lipinski definition) is 8. The van der Waals surface area contributed by atoms with E-state index in [0.29, 0.717) is 29.4 Å². The van der Waals surface area contributed by atoms with E-state index in [9.17, 15) is 14.4 Å². The molecule has 0 saturated carbocycles. The molecule has 2 aromatic carbocycles. The molecule has 2 N–H and O–H groups in total. The molecular weight excluding hydrogens is 540 g/mol. The summed E-state index contributed by atoms with van der Waals surface area (Å²) < 4.78 is 17.3. The number of urea groups is 1. The van der Waals surface area contributed by atoms with Crippen LogP contribution in [0, 0.1) is 5.92 Å². The molecule has 12 heteroatoms. The summed E-state index contributed by atoms with van der Waals surface area (Å²) in [5.41, 5.74) is 1.34. The van der Waals surface area contributed by atoms with E-state index in [-0.39, 0.29) is 54.4 Å². The molecule has 0 unspecified atom stereocenters. The first-order valence-corrected chi connectivity index (χ1v) is 13.5. The summed E-state index contributed by atoms with van der Waals surface area (Å²) in [5, 5.41) is 5.71. The van der Waals surface area contributed by atoms with E-state index in [1.165, 1.54) is 18.6 Å². The quantitative estimate of drug-likeness (QED) is 0.469. The Labute approximate surface area is 245 Å². The molecular formula is C30H36N6O6. The SMILES string of the molecule is COc1ccccc1NC(=O)N1C[C@@H](C)[C@H](OC)CN(C)C(=O)c2cc(NC(=O)c3cnccn3)ccc2OC[C@H]1C. The molecule has 222 valence electrons. The molecule has 3 atom stereocenters. The predicted octanol–water partition coefficient (Wildman–Crippen LogP) is 3.78. The van der Waals surface area contributed by atoms with Crippen molar-refractivity contribution in [2.75, 3.05) is 51.6 Å². The van der Waals surface area contributed by atoms with E-state index in [2.05, 4.69) is 20.6 Å². The van der Waals surface area contributed by atoms with Gasteiger partial charge in [0.2, 0.25) is 0 Å². The van der Waals surface area contributed by atoms with Crippen LogP contribution in [0.15, 0.2) is 61.1 Å². The Hall–Kier alpha value is -4.71. The first-order valence-electron chi connectivity index (χ1n) is 13.5. The lowest BCUT2D eigenvalue weighted by Gasteiger charge is -2.36. The van der Waals surface area contributed by atoms with E-state index in [0.717, 1.165) is 0 Å². The van der Waals surface area contributed by atoms with Crippen LogP contribution in [0.1, 0.15) is 34.7 Å². The van der Waals surface area contributed by atoms with Crippen molar-refractivity contribution in [3.8, 4) is 11.5 Å². The summed E-state index contributed by atoms with van der Waals surface area (Å²) in [4.78, 5) is 51.0. The molecule has 3 aromatic rings. The minimum Gasteiger partial charge on any atom is -0.495 e. The first-order chi connectivity index (χ1) is 20.2. The van der Waals surface area contributed by atoms with Crippen LogP contribution in [0.2, 0.25) is 0 Å². The highest BCUT2D eigenvalue weighted by Gasteiger charge is 2.31. The van der Waals surface area contributed by atoms with Gasteiger partial charge in [0, 0.05) is 51.2 Å². The number of benzene rings is 2. The molecule has 1 aliphatic rings. The summed E-state index contributed by atoms with van der Waals surface area (Å²) in [6, 6.07) is 11.3. The fraction of sp³-hybridized carbons (Fsp3) is 0.367. The number of fused-ring (bicyclic) bond motifs is 1. The standard InChI is InChI=1S/C30H36N6O6/c1-19-16-36(30(39)34-23-8-6-7-9-26(23)40-4)20(2)18-42-25-11-10-21(33-28(37)24-15-31-12-13-32-24)14-22(25)29(38)35(3)17-27(19)41-5/h6-15,19-20,27H,16-18H2,1-5H3,(H,33,37)(H,34,39)/t19-,20-,27-/m1/s1. The van der Waals surface area contributed by atoms with E-state index in [4.69, 9.17) is 14.2 Å². The zero-order valence-corrected chi connectivity index (χ0v) is 24.4. The van der Waals surface area contributed by atoms with Gasteiger partial charge in [-0.3, -0.25) is 14.6 Å². The van der Waals surface area contributed by atoms with Gasteiger partial charge in [0.1, 0.15) is 23.8 Å². The topological polar surface area (TPSA) is 135 Å². The fourth-order valence-corrected chi connectivity index (χ4v) is 4.68. The van der Waals surface area contributed by atoms with Gasteiger partial charge in [-0.15, -0.1) is 0 Å². The number of carbonyl (C=O) groups is 3. The Balaban J connectivity index is 1.62. The number of methoxy groups -OCH3 is 2. The first kappa shape index (κ1) is 30.3. The molecule has 42 heavy (non-hydrogen) atoms. The Bertz CT molecular complexity index is 1400. The Morgan fingerprint density at radius 2 is 1.83 bits per heavy atom. The van der Waals surface area contributed by atoms with Crippen molar-refractivity contribution < 1.29 is 28.6 Å². The normalized spacial score (nSPS) is 19.5. The fourth-order valence-electron chi connectivity index (χ4n) is 4.68. The van der Waals surface area contributed by atoms with Gasteiger partial charge < -0.3 is 34.6 Å². The van der Waals surface area contributed by atoms with Gasteiger partial charge >= 0.3 is 6.03 Å². The lowest BCUT2D eigenvalue weighted by molar-refractivity contribution is 0.0174. The molecule has 0 saturated heterocycles. The number of anilines is 2. The molecule has 1 aromatic heterocycles. The van der Waals surface area contributed by atoms with Gasteiger partial charge in [-0.25, -0.2) is 9.78 Å². The Morgan fingerprint density at radius 1 is 1.05 bits per heavy atom. The van der Waals surface area contributed by atoms with Crippen LogP contribution in [0.5, 0.6) is 11.5 Å². The second kappa shape index (κ2) is 13.8. The summed E-state index contributed by atoms with van der Waals surface area (Å²) in [7, 11) is 4.81. The van der Waals surface area contributed by atoms with Crippen molar-refractivity contribution >= 4 is 29.2 Å². The number of amides is 4. The monoisotopic (exact) mass is 576 g/mol. The highest BCUT2D eigenvalue weighted by atomic mass is 16.5. The van der Waals surface area contributed by atoms with E-state index in [1.54, 1.807) is 61.4 Å². The summed E-state index contributed by atoms with van der Waals surface area (Å²) in [5.74, 6) is -0.0231. The van der Waals surface area contributed by atoms with Gasteiger partial charge in [0.05, 0.1) is 36.7 Å². The van der Waals surface area contributed by atoms with Crippen molar-refractivity contribution in [3.63, 3.8) is 0 Å². The molecule has 0 bridgehead atoms. The van der Waals surface area contributed by atoms with Crippen molar-refractivity contribution in [2.45, 2.75) is 26.0 Å². The van der Waals surface area contributed by atoms with Crippen LogP contribution in [-0.2, 0) is 4.74 Å². The second-order valence-electron chi connectivity index (χ2n) is 10.1. The molecule has 0 spiro atoms. The van der Waals surface area contributed by atoms with Crippen LogP contribution in [-0.4, -0.2) is 90.7 Å². The summed E-state index contributed by atoms with van der Waals surface area (Å²) in [6.07, 6.45) is 3.89. The molecule has 4 rings (SSSR count). The number of aromatic nitrogens is 2. The molecule has 4 amide bonds.